The molecule has 0 saturated carbocycles. The van der Waals surface area contributed by atoms with Gasteiger partial charge in [0.05, 0.1) is 12.7 Å². The van der Waals surface area contributed by atoms with Crippen LogP contribution in [-0.4, -0.2) is 23.4 Å². The van der Waals surface area contributed by atoms with Crippen molar-refractivity contribution in [1.82, 2.24) is 0 Å². The molecule has 0 bridgehead atoms. The summed E-state index contributed by atoms with van der Waals surface area (Å²) in [6, 6.07) is 4.84. The second-order valence-corrected chi connectivity index (χ2v) is 2.88. The number of aliphatic hydroxyl groups excluding tert-OH is 1. The van der Waals surface area contributed by atoms with Crippen molar-refractivity contribution in [3.05, 3.63) is 23.8 Å². The maximum atomic E-state index is 9.55. The molecule has 0 aliphatic rings. The fourth-order valence-corrected chi connectivity index (χ4v) is 1.23. The van der Waals surface area contributed by atoms with Gasteiger partial charge in [0.1, 0.15) is 0 Å². The van der Waals surface area contributed by atoms with Crippen LogP contribution in [0.25, 0.3) is 0 Å². The molecule has 4 N–H and O–H groups in total. The fourth-order valence-electron chi connectivity index (χ4n) is 1.23. The molecule has 1 atom stereocenters. The molecule has 0 spiro atoms. The first-order chi connectivity index (χ1) is 6.70. The second-order valence-electron chi connectivity index (χ2n) is 2.88. The normalized spacial score (nSPS) is 12.5. The van der Waals surface area contributed by atoms with Crippen LogP contribution in [0.2, 0.25) is 0 Å². The number of rotatable bonds is 4. The Kier molecular flexibility index (Phi) is 3.73. The summed E-state index contributed by atoms with van der Waals surface area (Å²) in [5.41, 5.74) is 5.85. The fraction of sp³-hybridized carbons (Fsp3) is 0.400. The summed E-state index contributed by atoms with van der Waals surface area (Å²) >= 11 is 0. The molecule has 14 heavy (non-hydrogen) atoms. The molecular weight excluding hydrogens is 182 g/mol. The highest BCUT2D eigenvalue weighted by atomic mass is 16.5. The number of hydrogen-bond acceptors (Lipinski definition) is 4. The van der Waals surface area contributed by atoms with Crippen LogP contribution in [0, 0.1) is 0 Å². The van der Waals surface area contributed by atoms with Crippen LogP contribution >= 0.6 is 0 Å². The van der Waals surface area contributed by atoms with Crippen molar-refractivity contribution >= 4 is 0 Å². The van der Waals surface area contributed by atoms with Crippen LogP contribution in [0.5, 0.6) is 11.5 Å². The Labute approximate surface area is 82.9 Å². The molecule has 1 aromatic rings. The summed E-state index contributed by atoms with van der Waals surface area (Å²) in [7, 11) is 0. The minimum Gasteiger partial charge on any atom is -0.504 e. The van der Waals surface area contributed by atoms with Gasteiger partial charge in [-0.1, -0.05) is 12.1 Å². The minimum atomic E-state index is -0.802. The second kappa shape index (κ2) is 4.83. The van der Waals surface area contributed by atoms with Gasteiger partial charge in [0, 0.05) is 12.1 Å². The molecule has 0 aromatic heterocycles. The van der Waals surface area contributed by atoms with Crippen LogP contribution in [-0.2, 0) is 0 Å². The van der Waals surface area contributed by atoms with Crippen molar-refractivity contribution < 1.29 is 14.9 Å². The first-order valence-electron chi connectivity index (χ1n) is 4.53. The van der Waals surface area contributed by atoms with Crippen LogP contribution in [0.3, 0.4) is 0 Å². The average molecular weight is 197 g/mol. The summed E-state index contributed by atoms with van der Waals surface area (Å²) in [4.78, 5) is 0. The molecule has 0 fully saturated rings. The van der Waals surface area contributed by atoms with Gasteiger partial charge in [-0.25, -0.2) is 0 Å². The first-order valence-corrected chi connectivity index (χ1v) is 4.53. The molecule has 0 aliphatic heterocycles. The number of phenols is 1. The van der Waals surface area contributed by atoms with Gasteiger partial charge in [-0.2, -0.15) is 0 Å². The third kappa shape index (κ3) is 2.16. The van der Waals surface area contributed by atoms with Gasteiger partial charge in [0.25, 0.3) is 0 Å². The number of aromatic hydroxyl groups is 1. The topological polar surface area (TPSA) is 75.7 Å². The van der Waals surface area contributed by atoms with Crippen molar-refractivity contribution in [3.8, 4) is 11.5 Å². The van der Waals surface area contributed by atoms with Crippen LogP contribution in [0.1, 0.15) is 18.6 Å². The smallest absolute Gasteiger partial charge is 0.166 e. The molecule has 0 radical (unpaired) electrons. The van der Waals surface area contributed by atoms with E-state index in [1.807, 2.05) is 6.92 Å². The van der Waals surface area contributed by atoms with Gasteiger partial charge in [-0.05, 0) is 13.0 Å². The minimum absolute atomic E-state index is 0.0249. The van der Waals surface area contributed by atoms with E-state index in [4.69, 9.17) is 10.5 Å². The van der Waals surface area contributed by atoms with Crippen LogP contribution in [0.15, 0.2) is 18.2 Å². The summed E-state index contributed by atoms with van der Waals surface area (Å²) in [5, 5.41) is 19.0. The van der Waals surface area contributed by atoms with E-state index in [0.29, 0.717) is 17.9 Å². The zero-order chi connectivity index (χ0) is 10.6. The molecule has 1 aromatic carbocycles. The molecule has 0 aliphatic carbocycles. The Morgan fingerprint density at radius 1 is 1.50 bits per heavy atom. The Morgan fingerprint density at radius 3 is 2.79 bits per heavy atom. The highest BCUT2D eigenvalue weighted by Gasteiger charge is 2.14. The molecule has 0 amide bonds. The molecule has 78 valence electrons. The molecule has 0 unspecified atom stereocenters. The lowest BCUT2D eigenvalue weighted by atomic mass is 10.1. The van der Waals surface area contributed by atoms with E-state index in [0.717, 1.165) is 0 Å². The van der Waals surface area contributed by atoms with Crippen molar-refractivity contribution in [2.24, 2.45) is 5.73 Å². The van der Waals surface area contributed by atoms with E-state index in [1.165, 1.54) is 6.07 Å². The number of hydrogen-bond donors (Lipinski definition) is 3. The molecule has 4 nitrogen and oxygen atoms in total. The predicted molar refractivity (Wildman–Crippen MR) is 53.3 cm³/mol. The number of phenolic OH excluding ortho intramolecular Hbond substituents is 1. The number of nitrogens with two attached hydrogens (primary N) is 1. The zero-order valence-corrected chi connectivity index (χ0v) is 8.10. The van der Waals surface area contributed by atoms with Gasteiger partial charge in [-0.3, -0.25) is 0 Å². The Balaban J connectivity index is 3.07. The summed E-state index contributed by atoms with van der Waals surface area (Å²) in [6.07, 6.45) is -0.802. The van der Waals surface area contributed by atoms with Crippen molar-refractivity contribution in [1.29, 1.82) is 0 Å². The van der Waals surface area contributed by atoms with Crippen molar-refractivity contribution in [3.63, 3.8) is 0 Å². The maximum absolute atomic E-state index is 9.55. The number of benzene rings is 1. The number of para-hydroxylation sites is 1. The molecule has 0 saturated heterocycles. The van der Waals surface area contributed by atoms with Crippen LogP contribution < -0.4 is 10.5 Å². The summed E-state index contributed by atoms with van der Waals surface area (Å²) in [5.74, 6) is 0.338. The van der Waals surface area contributed by atoms with Gasteiger partial charge in [0.2, 0.25) is 0 Å². The molecule has 0 heterocycles. The van der Waals surface area contributed by atoms with Crippen LogP contribution in [0.4, 0.5) is 0 Å². The Bertz CT molecular complexity index is 301. The lowest BCUT2D eigenvalue weighted by Gasteiger charge is -2.14. The van der Waals surface area contributed by atoms with Crippen molar-refractivity contribution in [2.45, 2.75) is 13.0 Å². The molecular formula is C10H15NO3. The van der Waals surface area contributed by atoms with E-state index in [2.05, 4.69) is 0 Å². The van der Waals surface area contributed by atoms with E-state index < -0.39 is 6.10 Å². The van der Waals surface area contributed by atoms with Gasteiger partial charge in [-0.15, -0.1) is 0 Å². The predicted octanol–water partition coefficient (Wildman–Crippen LogP) is 0.783. The van der Waals surface area contributed by atoms with E-state index in [-0.39, 0.29) is 12.3 Å². The SMILES string of the molecule is CCOc1c(O)cccc1[C@@H](O)CN. The number of ether oxygens (including phenoxy) is 1. The lowest BCUT2D eigenvalue weighted by Crippen LogP contribution is -2.13. The highest BCUT2D eigenvalue weighted by Crippen LogP contribution is 2.33. The molecule has 1 rings (SSSR count). The largest absolute Gasteiger partial charge is 0.504 e. The lowest BCUT2D eigenvalue weighted by molar-refractivity contribution is 0.179. The van der Waals surface area contributed by atoms with Gasteiger partial charge in [0.15, 0.2) is 11.5 Å². The monoisotopic (exact) mass is 197 g/mol. The first kappa shape index (κ1) is 10.8. The average Bonchev–Trinajstić information content (AvgIpc) is 2.20. The van der Waals surface area contributed by atoms with E-state index in [1.54, 1.807) is 12.1 Å². The number of aliphatic hydroxyl groups is 1. The third-order valence-corrected chi connectivity index (χ3v) is 1.90. The molecule has 4 heteroatoms. The van der Waals surface area contributed by atoms with E-state index in [9.17, 15) is 10.2 Å². The summed E-state index contributed by atoms with van der Waals surface area (Å²) in [6.45, 7) is 2.34. The maximum Gasteiger partial charge on any atom is 0.166 e. The standard InChI is InChI=1S/C10H15NO3/c1-2-14-10-7(9(13)6-11)4-3-5-8(10)12/h3-5,9,12-13H,2,6,11H2,1H3/t9-/m0/s1. The highest BCUT2D eigenvalue weighted by molar-refractivity contribution is 5.46. The van der Waals surface area contributed by atoms with E-state index >= 15 is 0 Å². The van der Waals surface area contributed by atoms with Crippen molar-refractivity contribution in [2.75, 3.05) is 13.2 Å². The summed E-state index contributed by atoms with van der Waals surface area (Å²) < 4.78 is 5.23. The van der Waals surface area contributed by atoms with Gasteiger partial charge < -0.3 is 20.7 Å². The Morgan fingerprint density at radius 2 is 2.21 bits per heavy atom. The third-order valence-electron chi connectivity index (χ3n) is 1.90. The zero-order valence-electron chi connectivity index (χ0n) is 8.10. The quantitative estimate of drug-likeness (QED) is 0.666. The van der Waals surface area contributed by atoms with Gasteiger partial charge >= 0.3 is 0 Å². The Hall–Kier alpha value is -1.26.